The lowest BCUT2D eigenvalue weighted by Crippen LogP contribution is -2.24. The van der Waals surface area contributed by atoms with Crippen molar-refractivity contribution in [3.8, 4) is 0 Å². The minimum Gasteiger partial charge on any atom is -0.370 e. The van der Waals surface area contributed by atoms with Gasteiger partial charge in [-0.2, -0.15) is 0 Å². The maximum atomic E-state index is 5.98. The van der Waals surface area contributed by atoms with Gasteiger partial charge in [-0.25, -0.2) is 0 Å². The van der Waals surface area contributed by atoms with Crippen molar-refractivity contribution in [3.05, 3.63) is 27.7 Å². The quantitative estimate of drug-likeness (QED) is 0.649. The lowest BCUT2D eigenvalue weighted by atomic mass is 10.3. The van der Waals surface area contributed by atoms with Gasteiger partial charge in [-0.3, -0.25) is 4.99 Å². The Kier molecular flexibility index (Phi) is 4.42. The van der Waals surface area contributed by atoms with E-state index in [1.54, 1.807) is 6.07 Å². The summed E-state index contributed by atoms with van der Waals surface area (Å²) in [6.45, 7) is 3.91. The Morgan fingerprint density at radius 3 is 2.80 bits per heavy atom. The smallest absolute Gasteiger partial charge is 0.193 e. The third-order valence-corrected chi connectivity index (χ3v) is 2.41. The zero-order valence-electron chi connectivity index (χ0n) is 8.59. The van der Waals surface area contributed by atoms with Crippen LogP contribution < -0.4 is 11.1 Å². The molecule has 1 rings (SSSR count). The van der Waals surface area contributed by atoms with Crippen molar-refractivity contribution >= 4 is 39.2 Å². The molecule has 0 saturated heterocycles. The number of nitrogens with two attached hydrogens (primary N) is 1. The fourth-order valence-electron chi connectivity index (χ4n) is 1.04. The molecule has 0 unspecified atom stereocenters. The molecule has 0 radical (unpaired) electrons. The monoisotopic (exact) mass is 289 g/mol. The van der Waals surface area contributed by atoms with Gasteiger partial charge >= 0.3 is 0 Å². The van der Waals surface area contributed by atoms with Crippen molar-refractivity contribution in [2.75, 3.05) is 5.32 Å². The van der Waals surface area contributed by atoms with E-state index in [4.69, 9.17) is 17.3 Å². The van der Waals surface area contributed by atoms with Gasteiger partial charge in [0.05, 0.1) is 10.7 Å². The molecule has 0 aromatic heterocycles. The number of anilines is 1. The molecule has 0 aliphatic heterocycles. The Balaban J connectivity index is 2.85. The van der Waals surface area contributed by atoms with Gasteiger partial charge in [-0.1, -0.05) is 27.5 Å². The van der Waals surface area contributed by atoms with E-state index in [0.717, 1.165) is 10.2 Å². The summed E-state index contributed by atoms with van der Waals surface area (Å²) in [6.07, 6.45) is 0. The highest BCUT2D eigenvalue weighted by atomic mass is 79.9. The molecule has 1 aromatic carbocycles. The molecule has 1 aromatic rings. The van der Waals surface area contributed by atoms with Gasteiger partial charge in [0.25, 0.3) is 0 Å². The first-order chi connectivity index (χ1) is 6.99. The van der Waals surface area contributed by atoms with Crippen molar-refractivity contribution in [2.24, 2.45) is 10.7 Å². The minimum atomic E-state index is 0.156. The van der Waals surface area contributed by atoms with Gasteiger partial charge in [0, 0.05) is 10.5 Å². The van der Waals surface area contributed by atoms with Crippen LogP contribution in [0.2, 0.25) is 5.02 Å². The maximum Gasteiger partial charge on any atom is 0.193 e. The fraction of sp³-hybridized carbons (Fsp3) is 0.300. The molecule has 3 nitrogen and oxygen atoms in total. The summed E-state index contributed by atoms with van der Waals surface area (Å²) in [5, 5.41) is 3.56. The number of nitrogens with zero attached hydrogens (tertiary/aromatic N) is 1. The summed E-state index contributed by atoms with van der Waals surface area (Å²) < 4.78 is 0.937. The van der Waals surface area contributed by atoms with E-state index < -0.39 is 0 Å². The number of hydrogen-bond donors (Lipinski definition) is 2. The summed E-state index contributed by atoms with van der Waals surface area (Å²) in [6, 6.07) is 5.66. The lowest BCUT2D eigenvalue weighted by molar-refractivity contribution is 0.833. The first-order valence-electron chi connectivity index (χ1n) is 4.54. The number of hydrogen-bond acceptors (Lipinski definition) is 1. The summed E-state index contributed by atoms with van der Waals surface area (Å²) in [4.78, 5) is 4.15. The van der Waals surface area contributed by atoms with Gasteiger partial charge in [0.2, 0.25) is 0 Å². The second-order valence-corrected chi connectivity index (χ2v) is 4.68. The zero-order valence-corrected chi connectivity index (χ0v) is 10.9. The van der Waals surface area contributed by atoms with Crippen molar-refractivity contribution < 1.29 is 0 Å². The maximum absolute atomic E-state index is 5.98. The van der Waals surface area contributed by atoms with Crippen LogP contribution >= 0.6 is 27.5 Å². The van der Waals surface area contributed by atoms with E-state index in [0.29, 0.717) is 11.0 Å². The standard InChI is InChI=1S/C10H13BrClN3/c1-6(2)14-10(13)15-9-5-7(11)3-4-8(9)12/h3-6H,1-2H3,(H3,13,14,15). The van der Waals surface area contributed by atoms with E-state index in [1.807, 2.05) is 26.0 Å². The second kappa shape index (κ2) is 5.37. The molecule has 0 heterocycles. The first kappa shape index (κ1) is 12.3. The molecular weight excluding hydrogens is 277 g/mol. The minimum absolute atomic E-state index is 0.156. The molecule has 82 valence electrons. The largest absolute Gasteiger partial charge is 0.370 e. The molecule has 0 bridgehead atoms. The van der Waals surface area contributed by atoms with Gasteiger partial charge in [0.1, 0.15) is 0 Å². The molecule has 0 spiro atoms. The second-order valence-electron chi connectivity index (χ2n) is 3.36. The Morgan fingerprint density at radius 1 is 1.53 bits per heavy atom. The molecule has 15 heavy (non-hydrogen) atoms. The number of aliphatic imine (C=N–C) groups is 1. The average molecular weight is 291 g/mol. The third-order valence-electron chi connectivity index (χ3n) is 1.59. The van der Waals surface area contributed by atoms with Gasteiger partial charge < -0.3 is 11.1 Å². The van der Waals surface area contributed by atoms with Crippen LogP contribution in [0.5, 0.6) is 0 Å². The predicted molar refractivity (Wildman–Crippen MR) is 69.5 cm³/mol. The van der Waals surface area contributed by atoms with E-state index in [9.17, 15) is 0 Å². The molecular formula is C10H13BrClN3. The van der Waals surface area contributed by atoms with Crippen LogP contribution in [0.1, 0.15) is 13.8 Å². The summed E-state index contributed by atoms with van der Waals surface area (Å²) >= 11 is 9.34. The Labute approximate surface area is 103 Å². The molecule has 0 aliphatic rings. The van der Waals surface area contributed by atoms with Gasteiger partial charge in [-0.05, 0) is 32.0 Å². The van der Waals surface area contributed by atoms with Gasteiger partial charge in [0.15, 0.2) is 5.96 Å². The van der Waals surface area contributed by atoms with Crippen LogP contribution in [0.3, 0.4) is 0 Å². The van der Waals surface area contributed by atoms with Crippen molar-refractivity contribution in [2.45, 2.75) is 19.9 Å². The third kappa shape index (κ3) is 4.10. The average Bonchev–Trinajstić information content (AvgIpc) is 2.10. The van der Waals surface area contributed by atoms with E-state index in [1.165, 1.54) is 0 Å². The highest BCUT2D eigenvalue weighted by molar-refractivity contribution is 9.10. The van der Waals surface area contributed by atoms with Crippen LogP contribution in [-0.4, -0.2) is 12.0 Å². The van der Waals surface area contributed by atoms with Crippen LogP contribution in [0.15, 0.2) is 27.7 Å². The highest BCUT2D eigenvalue weighted by Crippen LogP contribution is 2.25. The Bertz CT molecular complexity index is 377. The Hall–Kier alpha value is -0.740. The molecule has 0 fully saturated rings. The summed E-state index contributed by atoms with van der Waals surface area (Å²) in [5.41, 5.74) is 6.43. The SMILES string of the molecule is CC(C)N=C(N)Nc1cc(Br)ccc1Cl. The predicted octanol–water partition coefficient (Wildman–Crippen LogP) is 3.24. The van der Waals surface area contributed by atoms with Crippen molar-refractivity contribution in [3.63, 3.8) is 0 Å². The molecule has 0 aliphatic carbocycles. The molecule has 3 N–H and O–H groups in total. The number of nitrogens with one attached hydrogen (secondary N) is 1. The normalized spacial score (nSPS) is 11.9. The number of rotatable bonds is 2. The topological polar surface area (TPSA) is 50.4 Å². The molecule has 0 saturated carbocycles. The Morgan fingerprint density at radius 2 is 2.20 bits per heavy atom. The van der Waals surface area contributed by atoms with E-state index in [-0.39, 0.29) is 6.04 Å². The van der Waals surface area contributed by atoms with Crippen molar-refractivity contribution in [1.29, 1.82) is 0 Å². The van der Waals surface area contributed by atoms with Crippen molar-refractivity contribution in [1.82, 2.24) is 0 Å². The number of benzene rings is 1. The molecule has 5 heteroatoms. The molecule has 0 atom stereocenters. The number of halogens is 2. The van der Waals surface area contributed by atoms with E-state index in [2.05, 4.69) is 26.2 Å². The van der Waals surface area contributed by atoms with Crippen LogP contribution in [0, 0.1) is 0 Å². The fourth-order valence-corrected chi connectivity index (χ4v) is 1.57. The highest BCUT2D eigenvalue weighted by Gasteiger charge is 2.02. The first-order valence-corrected chi connectivity index (χ1v) is 5.71. The summed E-state index contributed by atoms with van der Waals surface area (Å²) in [7, 11) is 0. The zero-order chi connectivity index (χ0) is 11.4. The van der Waals surface area contributed by atoms with Crippen LogP contribution in [-0.2, 0) is 0 Å². The van der Waals surface area contributed by atoms with Gasteiger partial charge in [-0.15, -0.1) is 0 Å². The summed E-state index contributed by atoms with van der Waals surface area (Å²) in [5.74, 6) is 0.366. The van der Waals surface area contributed by atoms with E-state index >= 15 is 0 Å². The molecule has 0 amide bonds. The number of guanidine groups is 1. The van der Waals surface area contributed by atoms with Crippen LogP contribution in [0.25, 0.3) is 0 Å². The lowest BCUT2D eigenvalue weighted by Gasteiger charge is -2.08. The van der Waals surface area contributed by atoms with Crippen LogP contribution in [0.4, 0.5) is 5.69 Å².